The monoisotopic (exact) mass is 358 g/mol. The summed E-state index contributed by atoms with van der Waals surface area (Å²) in [5, 5.41) is 3.45. The highest BCUT2D eigenvalue weighted by atomic mass is 16.5. The van der Waals surface area contributed by atoms with Gasteiger partial charge in [0.25, 0.3) is 0 Å². The van der Waals surface area contributed by atoms with Crippen molar-refractivity contribution in [1.29, 1.82) is 0 Å². The summed E-state index contributed by atoms with van der Waals surface area (Å²) in [5.41, 5.74) is 7.17. The fourth-order valence-corrected chi connectivity index (χ4v) is 2.65. The lowest BCUT2D eigenvalue weighted by atomic mass is 10.1. The number of carbonyl (C=O) groups is 1. The van der Waals surface area contributed by atoms with Crippen molar-refractivity contribution in [2.45, 2.75) is 25.8 Å². The lowest BCUT2D eigenvalue weighted by Gasteiger charge is -2.19. The predicted molar refractivity (Wildman–Crippen MR) is 102 cm³/mol. The van der Waals surface area contributed by atoms with Crippen LogP contribution in [0.2, 0.25) is 0 Å². The molecule has 0 heterocycles. The number of amides is 1. The molecule has 0 aliphatic heterocycles. The third-order valence-electron chi connectivity index (χ3n) is 3.88. The Hall–Kier alpha value is -2.89. The molecule has 0 aliphatic rings. The highest BCUT2D eigenvalue weighted by molar-refractivity contribution is 5.73. The molecule has 140 valence electrons. The van der Waals surface area contributed by atoms with Crippen LogP contribution in [0.3, 0.4) is 0 Å². The van der Waals surface area contributed by atoms with Crippen LogP contribution in [0.4, 0.5) is 5.69 Å². The van der Waals surface area contributed by atoms with Gasteiger partial charge in [0, 0.05) is 6.04 Å². The number of rotatable bonds is 10. The average molecular weight is 358 g/mol. The summed E-state index contributed by atoms with van der Waals surface area (Å²) in [5.74, 6) is 1.75. The maximum atomic E-state index is 10.9. The van der Waals surface area contributed by atoms with E-state index in [0.29, 0.717) is 17.2 Å². The Balaban J connectivity index is 2.01. The van der Waals surface area contributed by atoms with Crippen LogP contribution in [0.15, 0.2) is 42.5 Å². The van der Waals surface area contributed by atoms with Crippen LogP contribution >= 0.6 is 0 Å². The third kappa shape index (κ3) is 5.58. The largest absolute Gasteiger partial charge is 0.493 e. The number of benzene rings is 2. The summed E-state index contributed by atoms with van der Waals surface area (Å²) < 4.78 is 16.3. The van der Waals surface area contributed by atoms with Crippen LogP contribution in [-0.4, -0.2) is 32.8 Å². The molecule has 2 rings (SSSR count). The van der Waals surface area contributed by atoms with Crippen molar-refractivity contribution in [3.05, 3.63) is 48.0 Å². The second kappa shape index (κ2) is 9.56. The van der Waals surface area contributed by atoms with Crippen molar-refractivity contribution >= 4 is 11.6 Å². The molecule has 1 unspecified atom stereocenters. The van der Waals surface area contributed by atoms with Crippen LogP contribution in [0.25, 0.3) is 0 Å². The normalized spacial score (nSPS) is 11.5. The zero-order chi connectivity index (χ0) is 18.9. The van der Waals surface area contributed by atoms with Gasteiger partial charge in [0.05, 0.1) is 32.9 Å². The summed E-state index contributed by atoms with van der Waals surface area (Å²) in [7, 11) is 3.25. The fraction of sp³-hybridized carbons (Fsp3) is 0.350. The topological polar surface area (TPSA) is 82.8 Å². The number of methoxy groups -OCH3 is 2. The number of hydrogen-bond acceptors (Lipinski definition) is 5. The first kappa shape index (κ1) is 19.4. The Morgan fingerprint density at radius 2 is 1.81 bits per heavy atom. The molecule has 0 bridgehead atoms. The van der Waals surface area contributed by atoms with E-state index in [1.165, 1.54) is 0 Å². The number of hydrogen-bond donors (Lipinski definition) is 2. The molecule has 6 nitrogen and oxygen atoms in total. The summed E-state index contributed by atoms with van der Waals surface area (Å²) in [6.45, 7) is 2.36. The number of primary amides is 1. The van der Waals surface area contributed by atoms with Crippen LogP contribution in [-0.2, 0) is 11.2 Å². The molecular weight excluding hydrogens is 332 g/mol. The van der Waals surface area contributed by atoms with Gasteiger partial charge in [-0.2, -0.15) is 0 Å². The van der Waals surface area contributed by atoms with Gasteiger partial charge in [-0.15, -0.1) is 0 Å². The molecule has 3 N–H and O–H groups in total. The maximum absolute atomic E-state index is 10.9. The second-order valence-corrected chi connectivity index (χ2v) is 6.00. The number of anilines is 1. The molecule has 0 saturated heterocycles. The zero-order valence-electron chi connectivity index (χ0n) is 15.5. The third-order valence-corrected chi connectivity index (χ3v) is 3.88. The van der Waals surface area contributed by atoms with E-state index in [4.69, 9.17) is 19.9 Å². The molecule has 0 saturated carbocycles. The number of nitrogens with one attached hydrogen (secondary N) is 1. The van der Waals surface area contributed by atoms with E-state index >= 15 is 0 Å². The van der Waals surface area contributed by atoms with Gasteiger partial charge in [0.2, 0.25) is 5.91 Å². The lowest BCUT2D eigenvalue weighted by Crippen LogP contribution is -2.19. The first-order valence-corrected chi connectivity index (χ1v) is 8.51. The van der Waals surface area contributed by atoms with Crippen molar-refractivity contribution in [2.75, 3.05) is 26.1 Å². The standard InChI is InChI=1S/C20H26N2O4/c1-14(12-15-8-9-18(24-2)19(13-15)25-3)22-16-6-4-5-7-17(16)26-11-10-20(21)23/h4-9,13-14,22H,10-12H2,1-3H3,(H2,21,23). The maximum Gasteiger partial charge on any atom is 0.220 e. The Morgan fingerprint density at radius 1 is 1.08 bits per heavy atom. The minimum absolute atomic E-state index is 0.161. The Bertz CT molecular complexity index is 734. The highest BCUT2D eigenvalue weighted by Crippen LogP contribution is 2.29. The van der Waals surface area contributed by atoms with Gasteiger partial charge in [0.1, 0.15) is 5.75 Å². The van der Waals surface area contributed by atoms with Crippen LogP contribution in [0.5, 0.6) is 17.2 Å². The van der Waals surface area contributed by atoms with Crippen molar-refractivity contribution in [3.63, 3.8) is 0 Å². The van der Waals surface area contributed by atoms with Crippen molar-refractivity contribution < 1.29 is 19.0 Å². The molecule has 0 aliphatic carbocycles. The molecule has 1 amide bonds. The average Bonchev–Trinajstić information content (AvgIpc) is 2.62. The first-order chi connectivity index (χ1) is 12.5. The van der Waals surface area contributed by atoms with Crippen molar-refractivity contribution in [1.82, 2.24) is 0 Å². The van der Waals surface area contributed by atoms with Gasteiger partial charge in [-0.1, -0.05) is 18.2 Å². The van der Waals surface area contributed by atoms with E-state index in [1.54, 1.807) is 14.2 Å². The van der Waals surface area contributed by atoms with Gasteiger partial charge >= 0.3 is 0 Å². The SMILES string of the molecule is COc1ccc(CC(C)Nc2ccccc2OCCC(N)=O)cc1OC. The van der Waals surface area contributed by atoms with Gasteiger partial charge in [-0.25, -0.2) is 0 Å². The molecule has 0 aromatic heterocycles. The Kier molecular flexibility index (Phi) is 7.14. The molecule has 0 spiro atoms. The summed E-state index contributed by atoms with van der Waals surface area (Å²) in [6.07, 6.45) is 0.992. The van der Waals surface area contributed by atoms with Gasteiger partial charge < -0.3 is 25.3 Å². The lowest BCUT2D eigenvalue weighted by molar-refractivity contribution is -0.118. The van der Waals surface area contributed by atoms with E-state index in [2.05, 4.69) is 12.2 Å². The molecule has 0 radical (unpaired) electrons. The first-order valence-electron chi connectivity index (χ1n) is 8.51. The quantitative estimate of drug-likeness (QED) is 0.682. The van der Waals surface area contributed by atoms with Crippen LogP contribution in [0.1, 0.15) is 18.9 Å². The Labute approximate surface area is 154 Å². The number of para-hydroxylation sites is 2. The molecule has 0 fully saturated rings. The summed E-state index contributed by atoms with van der Waals surface area (Å²) in [6, 6.07) is 13.7. The molecule has 2 aromatic rings. The number of nitrogens with two attached hydrogens (primary N) is 1. The van der Waals surface area contributed by atoms with E-state index < -0.39 is 0 Å². The van der Waals surface area contributed by atoms with Crippen LogP contribution in [0, 0.1) is 0 Å². The predicted octanol–water partition coefficient (Wildman–Crippen LogP) is 3.00. The van der Waals surface area contributed by atoms with Gasteiger partial charge in [0.15, 0.2) is 11.5 Å². The van der Waals surface area contributed by atoms with E-state index in [0.717, 1.165) is 17.7 Å². The number of carbonyl (C=O) groups excluding carboxylic acids is 1. The van der Waals surface area contributed by atoms with Crippen molar-refractivity contribution in [3.8, 4) is 17.2 Å². The van der Waals surface area contributed by atoms with E-state index in [-0.39, 0.29) is 25.0 Å². The zero-order valence-corrected chi connectivity index (χ0v) is 15.5. The molecule has 2 aromatic carbocycles. The highest BCUT2D eigenvalue weighted by Gasteiger charge is 2.11. The Morgan fingerprint density at radius 3 is 2.50 bits per heavy atom. The number of ether oxygens (including phenoxy) is 3. The molecular formula is C20H26N2O4. The minimum atomic E-state index is -0.378. The second-order valence-electron chi connectivity index (χ2n) is 6.00. The molecule has 26 heavy (non-hydrogen) atoms. The van der Waals surface area contributed by atoms with Gasteiger partial charge in [-0.3, -0.25) is 4.79 Å². The fourth-order valence-electron chi connectivity index (χ4n) is 2.65. The smallest absolute Gasteiger partial charge is 0.220 e. The van der Waals surface area contributed by atoms with Gasteiger partial charge in [-0.05, 0) is 43.2 Å². The molecule has 1 atom stereocenters. The van der Waals surface area contributed by atoms with E-state index in [9.17, 15) is 4.79 Å². The van der Waals surface area contributed by atoms with E-state index in [1.807, 2.05) is 42.5 Å². The minimum Gasteiger partial charge on any atom is -0.493 e. The van der Waals surface area contributed by atoms with Crippen LogP contribution < -0.4 is 25.3 Å². The summed E-state index contributed by atoms with van der Waals surface area (Å²) >= 11 is 0. The molecule has 6 heteroatoms. The summed E-state index contributed by atoms with van der Waals surface area (Å²) in [4.78, 5) is 10.9. The van der Waals surface area contributed by atoms with Crippen molar-refractivity contribution in [2.24, 2.45) is 5.73 Å².